The maximum Gasteiger partial charge on any atom is 0.426 e. The van der Waals surface area contributed by atoms with Gasteiger partial charge < -0.3 is 0 Å². The first-order valence-corrected chi connectivity index (χ1v) is 3.57. The zero-order valence-corrected chi connectivity index (χ0v) is 5.97. The van der Waals surface area contributed by atoms with Crippen molar-refractivity contribution >= 4 is 10.4 Å². The maximum atomic E-state index is 10.2. The van der Waals surface area contributed by atoms with Crippen LogP contribution in [-0.2, 0) is 23.8 Å². The van der Waals surface area contributed by atoms with Crippen molar-refractivity contribution in [2.24, 2.45) is 0 Å². The van der Waals surface area contributed by atoms with Gasteiger partial charge in [0.25, 0.3) is 0 Å². The molecule has 0 amide bonds. The molecule has 6 heteroatoms. The number of rotatable bonds is 4. The third kappa shape index (κ3) is 4.34. The van der Waals surface area contributed by atoms with Gasteiger partial charge in [0.1, 0.15) is 0 Å². The Labute approximate surface area is 53.8 Å². The monoisotopic (exact) mass is 156 g/mol. The van der Waals surface area contributed by atoms with E-state index in [0.717, 1.165) is 7.11 Å². The van der Waals surface area contributed by atoms with Crippen LogP contribution < -0.4 is 0 Å². The van der Waals surface area contributed by atoms with Gasteiger partial charge in [-0.3, -0.25) is 0 Å². The Morgan fingerprint density at radius 3 is 2.33 bits per heavy atom. The second-order valence-corrected chi connectivity index (χ2v) is 2.34. The predicted molar refractivity (Wildman–Crippen MR) is 28.6 cm³/mol. The molecule has 0 heterocycles. The predicted octanol–water partition coefficient (Wildman–Crippen LogP) is -0.154. The normalized spacial score (nSPS) is 11.8. The highest BCUT2D eigenvalue weighted by atomic mass is 32.3. The van der Waals surface area contributed by atoms with E-state index in [4.69, 9.17) is 0 Å². The summed E-state index contributed by atoms with van der Waals surface area (Å²) >= 11 is 0. The SMILES string of the molecule is CCOOS(=O)(=O)OC. The van der Waals surface area contributed by atoms with Crippen molar-refractivity contribution in [2.75, 3.05) is 13.7 Å². The second-order valence-electron chi connectivity index (χ2n) is 1.05. The Balaban J connectivity index is 3.61. The van der Waals surface area contributed by atoms with E-state index in [2.05, 4.69) is 13.4 Å². The standard InChI is InChI=1S/C3H8O5S/c1-3-7-8-9(4,5)6-2/h3H2,1-2H3. The third-order valence-corrected chi connectivity index (χ3v) is 1.12. The van der Waals surface area contributed by atoms with E-state index in [-0.39, 0.29) is 6.61 Å². The van der Waals surface area contributed by atoms with Crippen molar-refractivity contribution in [1.29, 1.82) is 0 Å². The second kappa shape index (κ2) is 3.78. The molecule has 56 valence electrons. The lowest BCUT2D eigenvalue weighted by Crippen LogP contribution is -2.07. The molecule has 0 saturated heterocycles. The van der Waals surface area contributed by atoms with Crippen LogP contribution in [0, 0.1) is 0 Å². The van der Waals surface area contributed by atoms with Gasteiger partial charge in [-0.1, -0.05) is 4.33 Å². The molecule has 0 aliphatic rings. The zero-order chi connectivity index (χ0) is 7.33. The van der Waals surface area contributed by atoms with Gasteiger partial charge in [0.05, 0.1) is 13.7 Å². The maximum absolute atomic E-state index is 10.2. The molecular formula is C3H8O5S. The minimum atomic E-state index is -3.90. The van der Waals surface area contributed by atoms with Gasteiger partial charge in [0.15, 0.2) is 0 Å². The topological polar surface area (TPSA) is 61.8 Å². The first-order chi connectivity index (χ1) is 4.12. The highest BCUT2D eigenvalue weighted by Gasteiger charge is 2.07. The number of hydrogen-bond donors (Lipinski definition) is 0. The Bertz CT molecular complexity index is 148. The average Bonchev–Trinajstić information content (AvgIpc) is 1.84. The summed E-state index contributed by atoms with van der Waals surface area (Å²) in [6.07, 6.45) is 0. The van der Waals surface area contributed by atoms with Crippen molar-refractivity contribution in [3.63, 3.8) is 0 Å². The molecule has 0 aromatic rings. The van der Waals surface area contributed by atoms with E-state index in [1.807, 2.05) is 0 Å². The molecule has 0 fully saturated rings. The molecular weight excluding hydrogens is 148 g/mol. The Hall–Kier alpha value is -0.170. The van der Waals surface area contributed by atoms with E-state index in [9.17, 15) is 8.42 Å². The fourth-order valence-corrected chi connectivity index (χ4v) is 0.404. The van der Waals surface area contributed by atoms with Crippen LogP contribution in [0.4, 0.5) is 0 Å². The van der Waals surface area contributed by atoms with Gasteiger partial charge >= 0.3 is 10.4 Å². The fourth-order valence-electron chi connectivity index (χ4n) is 0.135. The lowest BCUT2D eigenvalue weighted by Gasteiger charge is -1.97. The van der Waals surface area contributed by atoms with Crippen LogP contribution in [-0.4, -0.2) is 22.1 Å². The van der Waals surface area contributed by atoms with Crippen molar-refractivity contribution in [1.82, 2.24) is 0 Å². The molecule has 5 nitrogen and oxygen atoms in total. The van der Waals surface area contributed by atoms with Crippen molar-refractivity contribution in [3.8, 4) is 0 Å². The zero-order valence-electron chi connectivity index (χ0n) is 5.16. The molecule has 9 heavy (non-hydrogen) atoms. The van der Waals surface area contributed by atoms with Crippen LogP contribution in [0.3, 0.4) is 0 Å². The van der Waals surface area contributed by atoms with Crippen LogP contribution in [0.15, 0.2) is 0 Å². The van der Waals surface area contributed by atoms with Crippen molar-refractivity contribution < 1.29 is 21.8 Å². The Morgan fingerprint density at radius 2 is 2.00 bits per heavy atom. The average molecular weight is 156 g/mol. The lowest BCUT2D eigenvalue weighted by atomic mass is 10.9. The molecule has 0 aromatic carbocycles. The molecule has 0 N–H and O–H groups in total. The van der Waals surface area contributed by atoms with E-state index in [0.29, 0.717) is 0 Å². The van der Waals surface area contributed by atoms with Crippen LogP contribution in [0.2, 0.25) is 0 Å². The summed E-state index contributed by atoms with van der Waals surface area (Å²) in [5, 5.41) is 0. The highest BCUT2D eigenvalue weighted by molar-refractivity contribution is 7.81. The Morgan fingerprint density at radius 1 is 1.44 bits per heavy atom. The summed E-state index contributed by atoms with van der Waals surface area (Å²) in [5.74, 6) is 0. The van der Waals surface area contributed by atoms with Crippen LogP contribution in [0.1, 0.15) is 6.92 Å². The number of hydrogen-bond acceptors (Lipinski definition) is 5. The van der Waals surface area contributed by atoms with Gasteiger partial charge in [-0.15, -0.1) is 0 Å². The van der Waals surface area contributed by atoms with Gasteiger partial charge in [0.2, 0.25) is 0 Å². The Kier molecular flexibility index (Phi) is 3.71. The molecule has 0 aliphatic carbocycles. The molecule has 0 radical (unpaired) electrons. The van der Waals surface area contributed by atoms with Crippen molar-refractivity contribution in [2.45, 2.75) is 6.92 Å². The minimum absolute atomic E-state index is 0.155. The van der Waals surface area contributed by atoms with Gasteiger partial charge in [-0.2, -0.15) is 8.42 Å². The largest absolute Gasteiger partial charge is 0.426 e. The summed E-state index contributed by atoms with van der Waals surface area (Å²) < 4.78 is 28.0. The lowest BCUT2D eigenvalue weighted by molar-refractivity contribution is -0.204. The van der Waals surface area contributed by atoms with Gasteiger partial charge in [0, 0.05) is 0 Å². The smallest absolute Gasteiger partial charge is 0.250 e. The fraction of sp³-hybridized carbons (Fsp3) is 1.00. The summed E-state index contributed by atoms with van der Waals surface area (Å²) in [5.41, 5.74) is 0. The van der Waals surface area contributed by atoms with Crippen LogP contribution >= 0.6 is 0 Å². The summed E-state index contributed by atoms with van der Waals surface area (Å²) in [6.45, 7) is 1.74. The molecule has 0 atom stereocenters. The minimum Gasteiger partial charge on any atom is -0.250 e. The first kappa shape index (κ1) is 8.83. The summed E-state index contributed by atoms with van der Waals surface area (Å²) in [6, 6.07) is 0. The molecule has 0 bridgehead atoms. The molecule has 0 rings (SSSR count). The van der Waals surface area contributed by atoms with E-state index in [1.54, 1.807) is 6.92 Å². The third-order valence-electron chi connectivity index (χ3n) is 0.453. The highest BCUT2D eigenvalue weighted by Crippen LogP contribution is 1.92. The summed E-state index contributed by atoms with van der Waals surface area (Å²) in [4.78, 5) is 4.08. The first-order valence-electron chi connectivity index (χ1n) is 2.24. The van der Waals surface area contributed by atoms with Gasteiger partial charge in [-0.25, -0.2) is 9.07 Å². The van der Waals surface area contributed by atoms with E-state index in [1.165, 1.54) is 0 Å². The summed E-state index contributed by atoms with van der Waals surface area (Å²) in [7, 11) is -2.92. The van der Waals surface area contributed by atoms with Gasteiger partial charge in [-0.05, 0) is 6.92 Å². The van der Waals surface area contributed by atoms with Crippen LogP contribution in [0.25, 0.3) is 0 Å². The quantitative estimate of drug-likeness (QED) is 0.418. The van der Waals surface area contributed by atoms with E-state index < -0.39 is 10.4 Å². The molecule has 0 aromatic heterocycles. The van der Waals surface area contributed by atoms with Crippen molar-refractivity contribution in [3.05, 3.63) is 0 Å². The molecule has 0 spiro atoms. The van der Waals surface area contributed by atoms with E-state index >= 15 is 0 Å². The molecule has 0 saturated carbocycles. The molecule has 0 aliphatic heterocycles. The molecule has 0 unspecified atom stereocenters. The van der Waals surface area contributed by atoms with Crippen LogP contribution in [0.5, 0.6) is 0 Å².